The third-order valence-corrected chi connectivity index (χ3v) is 2.31. The van der Waals surface area contributed by atoms with Gasteiger partial charge in [0.1, 0.15) is 6.07 Å². The Balaban J connectivity index is 2.72. The predicted molar refractivity (Wildman–Crippen MR) is 63.6 cm³/mol. The third-order valence-electron chi connectivity index (χ3n) is 2.31. The average Bonchev–Trinajstić information content (AvgIpc) is 2.18. The summed E-state index contributed by atoms with van der Waals surface area (Å²) in [6.45, 7) is 4.29. The van der Waals surface area contributed by atoms with E-state index in [1.54, 1.807) is 6.07 Å². The van der Waals surface area contributed by atoms with Gasteiger partial charge in [-0.3, -0.25) is 0 Å². The summed E-state index contributed by atoms with van der Waals surface area (Å²) in [6.07, 6.45) is 2.28. The van der Waals surface area contributed by atoms with E-state index in [1.807, 2.05) is 18.2 Å². The van der Waals surface area contributed by atoms with Crippen molar-refractivity contribution in [2.45, 2.75) is 32.7 Å². The molecule has 1 aromatic carbocycles. The van der Waals surface area contributed by atoms with Crippen LogP contribution in [0.4, 0.5) is 11.4 Å². The molecule has 0 fully saturated rings. The molecule has 0 aliphatic carbocycles. The summed E-state index contributed by atoms with van der Waals surface area (Å²) in [5.74, 6) is 0. The molecule has 1 aromatic rings. The van der Waals surface area contributed by atoms with Crippen LogP contribution in [0.15, 0.2) is 18.2 Å². The summed E-state index contributed by atoms with van der Waals surface area (Å²) in [6, 6.07) is 7.93. The molecule has 1 unspecified atom stereocenters. The number of nitriles is 1. The highest BCUT2D eigenvalue weighted by atomic mass is 14.9. The fourth-order valence-electron chi connectivity index (χ4n) is 1.54. The highest BCUT2D eigenvalue weighted by molar-refractivity contribution is 5.62. The second kappa shape index (κ2) is 5.26. The first-order valence-corrected chi connectivity index (χ1v) is 5.23. The Morgan fingerprint density at radius 1 is 1.53 bits per heavy atom. The van der Waals surface area contributed by atoms with Gasteiger partial charge in [-0.1, -0.05) is 13.3 Å². The summed E-state index contributed by atoms with van der Waals surface area (Å²) in [5.41, 5.74) is 7.76. The van der Waals surface area contributed by atoms with Gasteiger partial charge in [-0.05, 0) is 31.5 Å². The van der Waals surface area contributed by atoms with Gasteiger partial charge in [-0.2, -0.15) is 5.26 Å². The molecule has 0 aromatic heterocycles. The van der Waals surface area contributed by atoms with Crippen LogP contribution in [-0.2, 0) is 0 Å². The van der Waals surface area contributed by atoms with Crippen molar-refractivity contribution >= 4 is 11.4 Å². The molecule has 0 aliphatic rings. The number of hydrogen-bond donors (Lipinski definition) is 2. The number of hydrogen-bond acceptors (Lipinski definition) is 3. The molecule has 1 atom stereocenters. The van der Waals surface area contributed by atoms with Crippen LogP contribution < -0.4 is 11.1 Å². The molecule has 0 aliphatic heterocycles. The Kier molecular flexibility index (Phi) is 3.99. The van der Waals surface area contributed by atoms with Gasteiger partial charge in [0.05, 0.1) is 11.3 Å². The van der Waals surface area contributed by atoms with Gasteiger partial charge in [0.15, 0.2) is 0 Å². The summed E-state index contributed by atoms with van der Waals surface area (Å²) in [7, 11) is 0. The van der Waals surface area contributed by atoms with Crippen LogP contribution in [0.3, 0.4) is 0 Å². The monoisotopic (exact) mass is 203 g/mol. The summed E-state index contributed by atoms with van der Waals surface area (Å²) < 4.78 is 0. The summed E-state index contributed by atoms with van der Waals surface area (Å²) >= 11 is 0. The standard InChI is InChI=1S/C12H17N3/c1-3-4-9(2)15-11-6-5-10(8-13)12(14)7-11/h5-7,9,15H,3-4,14H2,1-2H3. The summed E-state index contributed by atoms with van der Waals surface area (Å²) in [4.78, 5) is 0. The van der Waals surface area contributed by atoms with Crippen molar-refractivity contribution in [3.8, 4) is 6.07 Å². The number of nitrogens with one attached hydrogen (secondary N) is 1. The minimum absolute atomic E-state index is 0.433. The van der Waals surface area contributed by atoms with Crippen LogP contribution in [0.25, 0.3) is 0 Å². The number of nitrogen functional groups attached to an aromatic ring is 1. The molecule has 3 heteroatoms. The van der Waals surface area contributed by atoms with Gasteiger partial charge in [-0.15, -0.1) is 0 Å². The number of nitrogens with zero attached hydrogens (tertiary/aromatic N) is 1. The fourth-order valence-corrected chi connectivity index (χ4v) is 1.54. The van der Waals surface area contributed by atoms with E-state index in [2.05, 4.69) is 19.2 Å². The Morgan fingerprint density at radius 2 is 2.27 bits per heavy atom. The third kappa shape index (κ3) is 3.17. The minimum atomic E-state index is 0.433. The Labute approximate surface area is 90.9 Å². The molecule has 0 heterocycles. The maximum absolute atomic E-state index is 8.73. The SMILES string of the molecule is CCCC(C)Nc1ccc(C#N)c(N)c1. The lowest BCUT2D eigenvalue weighted by Crippen LogP contribution is -2.14. The molecule has 0 bridgehead atoms. The van der Waals surface area contributed by atoms with E-state index >= 15 is 0 Å². The van der Waals surface area contributed by atoms with Gasteiger partial charge < -0.3 is 11.1 Å². The molecule has 3 N–H and O–H groups in total. The largest absolute Gasteiger partial charge is 0.398 e. The molecule has 0 saturated carbocycles. The number of anilines is 2. The highest BCUT2D eigenvalue weighted by Gasteiger charge is 2.03. The lowest BCUT2D eigenvalue weighted by molar-refractivity contribution is 0.690. The molecule has 3 nitrogen and oxygen atoms in total. The fraction of sp³-hybridized carbons (Fsp3) is 0.417. The molecule has 80 valence electrons. The first-order chi connectivity index (χ1) is 7.17. The van der Waals surface area contributed by atoms with Crippen molar-refractivity contribution in [2.24, 2.45) is 0 Å². The number of benzene rings is 1. The van der Waals surface area contributed by atoms with E-state index < -0.39 is 0 Å². The first kappa shape index (κ1) is 11.4. The van der Waals surface area contributed by atoms with E-state index in [1.165, 1.54) is 0 Å². The van der Waals surface area contributed by atoms with Gasteiger partial charge in [0.2, 0.25) is 0 Å². The lowest BCUT2D eigenvalue weighted by Gasteiger charge is -2.14. The van der Waals surface area contributed by atoms with Crippen LogP contribution in [0.2, 0.25) is 0 Å². The average molecular weight is 203 g/mol. The Morgan fingerprint density at radius 3 is 2.80 bits per heavy atom. The minimum Gasteiger partial charge on any atom is -0.398 e. The van der Waals surface area contributed by atoms with Crippen molar-refractivity contribution < 1.29 is 0 Å². The van der Waals surface area contributed by atoms with E-state index in [0.29, 0.717) is 17.3 Å². The van der Waals surface area contributed by atoms with Crippen molar-refractivity contribution in [1.29, 1.82) is 5.26 Å². The van der Waals surface area contributed by atoms with Gasteiger partial charge in [-0.25, -0.2) is 0 Å². The molecule has 0 spiro atoms. The van der Waals surface area contributed by atoms with Crippen LogP contribution in [0.5, 0.6) is 0 Å². The Hall–Kier alpha value is -1.69. The van der Waals surface area contributed by atoms with Crippen LogP contribution in [0, 0.1) is 11.3 Å². The second-order valence-corrected chi connectivity index (χ2v) is 3.75. The van der Waals surface area contributed by atoms with E-state index in [9.17, 15) is 0 Å². The quantitative estimate of drug-likeness (QED) is 0.739. The van der Waals surface area contributed by atoms with E-state index in [0.717, 1.165) is 18.5 Å². The van der Waals surface area contributed by atoms with Crippen molar-refractivity contribution in [3.63, 3.8) is 0 Å². The van der Waals surface area contributed by atoms with E-state index in [4.69, 9.17) is 11.0 Å². The van der Waals surface area contributed by atoms with Gasteiger partial charge >= 0.3 is 0 Å². The van der Waals surface area contributed by atoms with Crippen LogP contribution >= 0.6 is 0 Å². The molecule has 15 heavy (non-hydrogen) atoms. The zero-order chi connectivity index (χ0) is 11.3. The first-order valence-electron chi connectivity index (χ1n) is 5.23. The predicted octanol–water partition coefficient (Wildman–Crippen LogP) is 2.74. The zero-order valence-corrected chi connectivity index (χ0v) is 9.25. The molecule has 0 amide bonds. The molecule has 1 rings (SSSR count). The topological polar surface area (TPSA) is 61.8 Å². The van der Waals surface area contributed by atoms with Crippen LogP contribution in [-0.4, -0.2) is 6.04 Å². The van der Waals surface area contributed by atoms with Crippen LogP contribution in [0.1, 0.15) is 32.3 Å². The van der Waals surface area contributed by atoms with Crippen molar-refractivity contribution in [1.82, 2.24) is 0 Å². The molecular weight excluding hydrogens is 186 g/mol. The maximum atomic E-state index is 8.73. The lowest BCUT2D eigenvalue weighted by atomic mass is 10.1. The zero-order valence-electron chi connectivity index (χ0n) is 9.25. The van der Waals surface area contributed by atoms with Crippen molar-refractivity contribution in [2.75, 3.05) is 11.1 Å². The van der Waals surface area contributed by atoms with Crippen molar-refractivity contribution in [3.05, 3.63) is 23.8 Å². The van der Waals surface area contributed by atoms with Gasteiger partial charge in [0.25, 0.3) is 0 Å². The molecular formula is C12H17N3. The van der Waals surface area contributed by atoms with Gasteiger partial charge in [0, 0.05) is 11.7 Å². The number of rotatable bonds is 4. The number of nitrogens with two attached hydrogens (primary N) is 1. The summed E-state index contributed by atoms with van der Waals surface area (Å²) in [5, 5.41) is 12.1. The van der Waals surface area contributed by atoms with E-state index in [-0.39, 0.29) is 0 Å². The second-order valence-electron chi connectivity index (χ2n) is 3.75. The molecule has 0 saturated heterocycles. The molecule has 0 radical (unpaired) electrons. The smallest absolute Gasteiger partial charge is 0.101 e. The Bertz CT molecular complexity index is 366. The normalized spacial score (nSPS) is 11.8. The maximum Gasteiger partial charge on any atom is 0.101 e. The highest BCUT2D eigenvalue weighted by Crippen LogP contribution is 2.18.